The highest BCUT2D eigenvalue weighted by Crippen LogP contribution is 2.41. The van der Waals surface area contributed by atoms with Crippen molar-refractivity contribution in [1.29, 1.82) is 0 Å². The zero-order chi connectivity index (χ0) is 28.8. The highest BCUT2D eigenvalue weighted by Gasteiger charge is 2.30. The largest absolute Gasteiger partial charge is 0.488 e. The lowest BCUT2D eigenvalue weighted by molar-refractivity contribution is -0.0451. The van der Waals surface area contributed by atoms with Crippen LogP contribution in [-0.4, -0.2) is 72.4 Å². The number of carbonyl (C=O) groups excluding carboxylic acids is 2. The molecule has 2 aliphatic heterocycles. The number of nitrogens with one attached hydrogen (secondary N) is 3. The number of hydrogen-bond donors (Lipinski definition) is 3. The number of carbonyl (C=O) groups is 2. The summed E-state index contributed by atoms with van der Waals surface area (Å²) in [5.41, 5.74) is 5.34. The van der Waals surface area contributed by atoms with Crippen LogP contribution in [0.3, 0.4) is 0 Å². The van der Waals surface area contributed by atoms with Gasteiger partial charge in [-0.25, -0.2) is 4.79 Å². The van der Waals surface area contributed by atoms with Crippen molar-refractivity contribution >= 4 is 35.0 Å². The van der Waals surface area contributed by atoms with Crippen molar-refractivity contribution in [1.82, 2.24) is 20.2 Å². The summed E-state index contributed by atoms with van der Waals surface area (Å²) in [6.07, 6.45) is 5.89. The quantitative estimate of drug-likeness (QED) is 0.277. The van der Waals surface area contributed by atoms with Crippen molar-refractivity contribution < 1.29 is 23.8 Å². The minimum atomic E-state index is -0.327. The lowest BCUT2D eigenvalue weighted by Crippen LogP contribution is -2.47. The number of halogens is 1. The van der Waals surface area contributed by atoms with Gasteiger partial charge in [-0.2, -0.15) is 0 Å². The molecule has 0 aliphatic carbocycles. The molecule has 3 aromatic rings. The molecule has 2 aromatic heterocycles. The third-order valence-electron chi connectivity index (χ3n) is 7.30. The number of benzene rings is 1. The molecule has 1 saturated heterocycles. The summed E-state index contributed by atoms with van der Waals surface area (Å²) in [4.78, 5) is 34.9. The van der Waals surface area contributed by atoms with Crippen LogP contribution in [0.5, 0.6) is 5.75 Å². The molecule has 0 bridgehead atoms. The Hall–Kier alpha value is -3.76. The average molecular weight is 582 g/mol. The average Bonchev–Trinajstić information content (AvgIpc) is 3.35. The van der Waals surface area contributed by atoms with Gasteiger partial charge in [0, 0.05) is 47.7 Å². The third kappa shape index (κ3) is 6.44. The number of hydrogen-bond acceptors (Lipinski definition) is 7. The van der Waals surface area contributed by atoms with E-state index in [2.05, 4.69) is 27.5 Å². The fourth-order valence-corrected chi connectivity index (χ4v) is 5.45. The highest BCUT2D eigenvalue weighted by molar-refractivity contribution is 6.31. The Kier molecular flexibility index (Phi) is 9.31. The number of pyridine rings is 1. The molecule has 2 amide bonds. The second-order valence-corrected chi connectivity index (χ2v) is 10.5. The molecule has 5 rings (SSSR count). The number of rotatable bonds is 10. The van der Waals surface area contributed by atoms with E-state index in [4.69, 9.17) is 25.8 Å². The molecule has 218 valence electrons. The van der Waals surface area contributed by atoms with Crippen LogP contribution in [0.1, 0.15) is 48.3 Å². The van der Waals surface area contributed by atoms with Gasteiger partial charge in [0.25, 0.3) is 5.91 Å². The summed E-state index contributed by atoms with van der Waals surface area (Å²) in [6, 6.07) is 7.56. The predicted molar refractivity (Wildman–Crippen MR) is 157 cm³/mol. The zero-order valence-electron chi connectivity index (χ0n) is 23.4. The van der Waals surface area contributed by atoms with Crippen molar-refractivity contribution in [3.05, 3.63) is 58.5 Å². The van der Waals surface area contributed by atoms with Crippen molar-refractivity contribution in [2.75, 3.05) is 44.8 Å². The van der Waals surface area contributed by atoms with Crippen LogP contribution in [0.4, 0.5) is 16.2 Å². The summed E-state index contributed by atoms with van der Waals surface area (Å²) in [5.74, 6) is 0.386. The first kappa shape index (κ1) is 28.8. The van der Waals surface area contributed by atoms with E-state index >= 15 is 0 Å². The smallest absolute Gasteiger partial charge is 0.409 e. The molecule has 0 spiro atoms. The van der Waals surface area contributed by atoms with Gasteiger partial charge < -0.3 is 34.7 Å². The predicted octanol–water partition coefficient (Wildman–Crippen LogP) is 5.34. The van der Waals surface area contributed by atoms with Crippen molar-refractivity contribution in [3.63, 3.8) is 0 Å². The number of anilines is 2. The number of aromatic nitrogens is 2. The fraction of sp³-hybridized carbons (Fsp3) is 0.433. The summed E-state index contributed by atoms with van der Waals surface area (Å²) in [5, 5.41) is 7.12. The number of unbranched alkanes of at least 4 members (excludes halogenated alkanes) is 1. The molecule has 0 saturated carbocycles. The number of amides is 2. The Bertz CT molecular complexity index is 1390. The van der Waals surface area contributed by atoms with Crippen molar-refractivity contribution in [2.45, 2.75) is 45.6 Å². The standard InChI is InChI=1S/C30H36ClN5O5/c1-3-5-14-40-30(38)36-13-15-39-19(17-36)18-41-25-16-32-11-9-21(25)27-28(26-24(35-27)10-12-33-29(26)37)34-23-8-6-7-22(31)20(23)4-2/h6-9,11,16,19,34-35H,3-5,10,12-15,17-18H2,1-2H3,(H,33,37)/t19-/m0/s1. The molecule has 41 heavy (non-hydrogen) atoms. The second-order valence-electron chi connectivity index (χ2n) is 10.1. The molecule has 10 nitrogen and oxygen atoms in total. The number of ether oxygens (including phenoxy) is 3. The van der Waals surface area contributed by atoms with Crippen LogP contribution in [0.15, 0.2) is 36.7 Å². The van der Waals surface area contributed by atoms with Gasteiger partial charge in [-0.05, 0) is 36.6 Å². The topological polar surface area (TPSA) is 118 Å². The van der Waals surface area contributed by atoms with E-state index in [0.717, 1.165) is 47.5 Å². The molecule has 11 heteroatoms. The Morgan fingerprint density at radius 2 is 2.17 bits per heavy atom. The first-order valence-corrected chi connectivity index (χ1v) is 14.6. The minimum Gasteiger partial charge on any atom is -0.488 e. The molecule has 2 aliphatic rings. The highest BCUT2D eigenvalue weighted by atomic mass is 35.5. The second kappa shape index (κ2) is 13.3. The molecule has 3 N–H and O–H groups in total. The van der Waals surface area contributed by atoms with Crippen LogP contribution in [-0.2, 0) is 22.3 Å². The van der Waals surface area contributed by atoms with Gasteiger partial charge in [0.05, 0.1) is 42.9 Å². The zero-order valence-corrected chi connectivity index (χ0v) is 24.2. The van der Waals surface area contributed by atoms with Crippen molar-refractivity contribution in [2.24, 2.45) is 0 Å². The van der Waals surface area contributed by atoms with Crippen LogP contribution < -0.4 is 15.4 Å². The monoisotopic (exact) mass is 581 g/mol. The van der Waals surface area contributed by atoms with Crippen LogP contribution in [0.25, 0.3) is 11.3 Å². The maximum atomic E-state index is 13.0. The molecule has 1 fully saturated rings. The molecular formula is C30H36ClN5O5. The van der Waals surface area contributed by atoms with E-state index in [-0.39, 0.29) is 24.7 Å². The van der Waals surface area contributed by atoms with Gasteiger partial charge in [-0.15, -0.1) is 0 Å². The molecule has 1 atom stereocenters. The van der Waals surface area contributed by atoms with Crippen LogP contribution in [0, 0.1) is 0 Å². The van der Waals surface area contributed by atoms with Crippen LogP contribution in [0.2, 0.25) is 5.02 Å². The lowest BCUT2D eigenvalue weighted by Gasteiger charge is -2.32. The summed E-state index contributed by atoms with van der Waals surface area (Å²) < 4.78 is 17.5. The summed E-state index contributed by atoms with van der Waals surface area (Å²) >= 11 is 6.50. The number of morpholine rings is 1. The number of H-pyrrole nitrogens is 1. The van der Waals surface area contributed by atoms with E-state index in [1.807, 2.05) is 31.2 Å². The first-order valence-electron chi connectivity index (χ1n) is 14.2. The first-order chi connectivity index (χ1) is 20.0. The SMILES string of the molecule is CCCCOC(=O)N1CCO[C@H](COc2cnccc2-c2[nH]c3c(c2Nc2cccc(Cl)c2CC)C(=O)NCC3)C1. The van der Waals surface area contributed by atoms with Gasteiger partial charge in [-0.1, -0.05) is 37.9 Å². The molecular weight excluding hydrogens is 546 g/mol. The van der Waals surface area contributed by atoms with Crippen molar-refractivity contribution in [3.8, 4) is 17.0 Å². The van der Waals surface area contributed by atoms with Gasteiger partial charge in [-0.3, -0.25) is 9.78 Å². The number of nitrogens with zero attached hydrogens (tertiary/aromatic N) is 2. The van der Waals surface area contributed by atoms with E-state index in [1.165, 1.54) is 0 Å². The fourth-order valence-electron chi connectivity index (χ4n) is 5.14. The van der Waals surface area contributed by atoms with Gasteiger partial charge >= 0.3 is 6.09 Å². The lowest BCUT2D eigenvalue weighted by atomic mass is 10.0. The maximum absolute atomic E-state index is 13.0. The molecule has 0 radical (unpaired) electrons. The normalized spacial score (nSPS) is 16.6. The van der Waals surface area contributed by atoms with Gasteiger partial charge in [0.15, 0.2) is 0 Å². The Labute approximate surface area is 244 Å². The summed E-state index contributed by atoms with van der Waals surface area (Å²) in [7, 11) is 0. The van der Waals surface area contributed by atoms with Gasteiger partial charge in [0.1, 0.15) is 18.5 Å². The molecule has 1 aromatic carbocycles. The Balaban J connectivity index is 1.40. The molecule has 4 heterocycles. The van der Waals surface area contributed by atoms with E-state index in [0.29, 0.717) is 61.3 Å². The molecule has 0 unspecified atom stereocenters. The van der Waals surface area contributed by atoms with E-state index in [9.17, 15) is 9.59 Å². The number of aromatic amines is 1. The minimum absolute atomic E-state index is 0.144. The van der Waals surface area contributed by atoms with E-state index < -0.39 is 0 Å². The van der Waals surface area contributed by atoms with E-state index in [1.54, 1.807) is 17.3 Å². The third-order valence-corrected chi connectivity index (χ3v) is 7.65. The maximum Gasteiger partial charge on any atom is 0.409 e. The Morgan fingerprint density at radius 3 is 3.00 bits per heavy atom. The Morgan fingerprint density at radius 1 is 1.29 bits per heavy atom. The number of fused-ring (bicyclic) bond motifs is 1. The van der Waals surface area contributed by atoms with Crippen LogP contribution >= 0.6 is 11.6 Å². The van der Waals surface area contributed by atoms with Gasteiger partial charge in [0.2, 0.25) is 0 Å². The summed E-state index contributed by atoms with van der Waals surface area (Å²) in [6.45, 7) is 6.54.